The lowest BCUT2D eigenvalue weighted by molar-refractivity contribution is 0.0716. The molecular formula is C13H16N4OS. The number of carbonyl (C=O) groups excluding carboxylic acids is 1. The molecule has 0 aliphatic carbocycles. The molecule has 0 unspecified atom stereocenters. The lowest BCUT2D eigenvalue weighted by Crippen LogP contribution is -2.38. The zero-order valence-electron chi connectivity index (χ0n) is 10.8. The minimum absolute atomic E-state index is 0.0546. The van der Waals surface area contributed by atoms with Crippen LogP contribution in [-0.2, 0) is 6.54 Å². The highest BCUT2D eigenvalue weighted by molar-refractivity contribution is 7.09. The van der Waals surface area contributed by atoms with Crippen molar-refractivity contribution >= 4 is 17.2 Å². The van der Waals surface area contributed by atoms with Crippen molar-refractivity contribution in [3.8, 4) is 0 Å². The molecule has 0 spiro atoms. The van der Waals surface area contributed by atoms with E-state index in [1.807, 2.05) is 34.1 Å². The van der Waals surface area contributed by atoms with Gasteiger partial charge in [0.1, 0.15) is 5.69 Å². The van der Waals surface area contributed by atoms with Crippen molar-refractivity contribution in [1.82, 2.24) is 19.7 Å². The summed E-state index contributed by atoms with van der Waals surface area (Å²) in [7, 11) is 0. The third-order valence-corrected chi connectivity index (χ3v) is 4.21. The van der Waals surface area contributed by atoms with Gasteiger partial charge in [-0.05, 0) is 25.8 Å². The first-order chi connectivity index (χ1) is 9.24. The number of likely N-dealkylation sites (tertiary alicyclic amines) is 1. The van der Waals surface area contributed by atoms with Gasteiger partial charge in [-0.3, -0.25) is 9.48 Å². The van der Waals surface area contributed by atoms with Gasteiger partial charge in [0.05, 0.1) is 17.6 Å². The van der Waals surface area contributed by atoms with Gasteiger partial charge in [0.2, 0.25) is 0 Å². The van der Waals surface area contributed by atoms with Crippen molar-refractivity contribution in [1.29, 1.82) is 0 Å². The maximum atomic E-state index is 12.4. The summed E-state index contributed by atoms with van der Waals surface area (Å²) < 4.78 is 1.89. The fourth-order valence-corrected chi connectivity index (χ4v) is 3.11. The van der Waals surface area contributed by atoms with Crippen LogP contribution >= 0.6 is 11.3 Å². The van der Waals surface area contributed by atoms with Crippen molar-refractivity contribution in [2.24, 2.45) is 0 Å². The highest BCUT2D eigenvalue weighted by Crippen LogP contribution is 2.22. The predicted octanol–water partition coefficient (Wildman–Crippen LogP) is 1.95. The Kier molecular flexibility index (Phi) is 3.33. The first-order valence-corrected chi connectivity index (χ1v) is 7.32. The first-order valence-electron chi connectivity index (χ1n) is 6.44. The van der Waals surface area contributed by atoms with Crippen LogP contribution in [0.3, 0.4) is 0 Å². The molecule has 1 fully saturated rings. The number of carbonyl (C=O) groups is 1. The van der Waals surface area contributed by atoms with Gasteiger partial charge in [-0.25, -0.2) is 4.98 Å². The maximum Gasteiger partial charge on any atom is 0.273 e. The summed E-state index contributed by atoms with van der Waals surface area (Å²) in [6.45, 7) is 3.51. The fourth-order valence-electron chi connectivity index (χ4n) is 2.53. The molecule has 0 aromatic carbocycles. The number of rotatable bonds is 3. The lowest BCUT2D eigenvalue weighted by atomic mass is 10.2. The highest BCUT2D eigenvalue weighted by atomic mass is 32.1. The second-order valence-electron chi connectivity index (χ2n) is 4.77. The summed E-state index contributed by atoms with van der Waals surface area (Å²) in [5.41, 5.74) is 0.579. The number of aryl methyl sites for hydroxylation is 1. The molecule has 1 amide bonds. The topological polar surface area (TPSA) is 51.0 Å². The van der Waals surface area contributed by atoms with Gasteiger partial charge in [-0.1, -0.05) is 0 Å². The van der Waals surface area contributed by atoms with E-state index in [4.69, 9.17) is 0 Å². The molecule has 2 aromatic heterocycles. The second-order valence-corrected chi connectivity index (χ2v) is 5.84. The van der Waals surface area contributed by atoms with Crippen LogP contribution in [0.2, 0.25) is 0 Å². The van der Waals surface area contributed by atoms with Crippen molar-refractivity contribution in [3.05, 3.63) is 34.5 Å². The Balaban J connectivity index is 1.74. The number of hydrogen-bond acceptors (Lipinski definition) is 4. The minimum Gasteiger partial charge on any atom is -0.332 e. The van der Waals surface area contributed by atoms with Gasteiger partial charge in [0, 0.05) is 24.3 Å². The lowest BCUT2D eigenvalue weighted by Gasteiger charge is -2.23. The molecule has 100 valence electrons. The normalized spacial score (nSPS) is 19.0. The Bertz CT molecular complexity index is 563. The number of thiazole rings is 1. The van der Waals surface area contributed by atoms with Gasteiger partial charge in [-0.15, -0.1) is 11.3 Å². The van der Waals surface area contributed by atoms with E-state index in [-0.39, 0.29) is 11.9 Å². The van der Waals surface area contributed by atoms with Crippen LogP contribution in [0.4, 0.5) is 0 Å². The van der Waals surface area contributed by atoms with E-state index in [0.29, 0.717) is 5.69 Å². The van der Waals surface area contributed by atoms with Crippen molar-refractivity contribution in [3.63, 3.8) is 0 Å². The van der Waals surface area contributed by atoms with Crippen LogP contribution < -0.4 is 0 Å². The molecule has 3 rings (SSSR count). The van der Waals surface area contributed by atoms with E-state index < -0.39 is 0 Å². The number of nitrogens with zero attached hydrogens (tertiary/aromatic N) is 4. The van der Waals surface area contributed by atoms with E-state index in [0.717, 1.165) is 30.9 Å². The standard InChI is InChI=1S/C13H16N4OS/c1-10-15-12(9-19-10)13(18)17-7-2-4-11(17)8-16-6-3-5-14-16/h3,5-6,9,11H,2,4,7-8H2,1H3/t11-/m1/s1. The van der Waals surface area contributed by atoms with Gasteiger partial charge < -0.3 is 4.90 Å². The number of amides is 1. The minimum atomic E-state index is 0.0546. The molecule has 0 radical (unpaired) electrons. The molecule has 2 aromatic rings. The number of hydrogen-bond donors (Lipinski definition) is 0. The third kappa shape index (κ3) is 2.53. The van der Waals surface area contributed by atoms with E-state index >= 15 is 0 Å². The summed E-state index contributed by atoms with van der Waals surface area (Å²) in [5, 5.41) is 7.00. The summed E-state index contributed by atoms with van der Waals surface area (Å²) in [5.74, 6) is 0.0546. The highest BCUT2D eigenvalue weighted by Gasteiger charge is 2.30. The first kappa shape index (κ1) is 12.3. The van der Waals surface area contributed by atoms with Crippen LogP contribution in [0, 0.1) is 6.92 Å². The molecule has 1 saturated heterocycles. The summed E-state index contributed by atoms with van der Waals surface area (Å²) in [6, 6.07) is 2.14. The maximum absolute atomic E-state index is 12.4. The molecular weight excluding hydrogens is 260 g/mol. The molecule has 0 bridgehead atoms. The van der Waals surface area contributed by atoms with E-state index in [1.165, 1.54) is 11.3 Å². The second kappa shape index (κ2) is 5.13. The average Bonchev–Trinajstić information content (AvgIpc) is 3.10. The van der Waals surface area contributed by atoms with Crippen LogP contribution in [0.5, 0.6) is 0 Å². The Hall–Kier alpha value is -1.69. The van der Waals surface area contributed by atoms with E-state index in [1.54, 1.807) is 6.20 Å². The molecule has 3 heterocycles. The van der Waals surface area contributed by atoms with Gasteiger partial charge in [0.25, 0.3) is 5.91 Å². The van der Waals surface area contributed by atoms with Crippen LogP contribution in [0.1, 0.15) is 28.3 Å². The smallest absolute Gasteiger partial charge is 0.273 e. The van der Waals surface area contributed by atoms with Gasteiger partial charge >= 0.3 is 0 Å². The Labute approximate surface area is 115 Å². The van der Waals surface area contributed by atoms with Crippen molar-refractivity contribution < 1.29 is 4.79 Å². The van der Waals surface area contributed by atoms with E-state index in [2.05, 4.69) is 10.1 Å². The van der Waals surface area contributed by atoms with Gasteiger partial charge in [0.15, 0.2) is 0 Å². The van der Waals surface area contributed by atoms with Crippen LogP contribution in [-0.4, -0.2) is 38.2 Å². The third-order valence-electron chi connectivity index (χ3n) is 3.43. The molecule has 1 aliphatic rings. The summed E-state index contributed by atoms with van der Waals surface area (Å²) in [6.07, 6.45) is 5.80. The van der Waals surface area contributed by atoms with Crippen molar-refractivity contribution in [2.75, 3.05) is 6.54 Å². The SMILES string of the molecule is Cc1nc(C(=O)N2CCC[C@@H]2Cn2cccn2)cs1. The number of aromatic nitrogens is 3. The fraction of sp³-hybridized carbons (Fsp3) is 0.462. The molecule has 1 atom stereocenters. The summed E-state index contributed by atoms with van der Waals surface area (Å²) >= 11 is 1.52. The summed E-state index contributed by atoms with van der Waals surface area (Å²) in [4.78, 5) is 18.7. The molecule has 19 heavy (non-hydrogen) atoms. The largest absolute Gasteiger partial charge is 0.332 e. The average molecular weight is 276 g/mol. The van der Waals surface area contributed by atoms with Crippen LogP contribution in [0.25, 0.3) is 0 Å². The van der Waals surface area contributed by atoms with Crippen LogP contribution in [0.15, 0.2) is 23.8 Å². The molecule has 0 N–H and O–H groups in total. The predicted molar refractivity (Wildman–Crippen MR) is 73.1 cm³/mol. The van der Waals surface area contributed by atoms with Crippen molar-refractivity contribution in [2.45, 2.75) is 32.4 Å². The molecule has 6 heteroatoms. The van der Waals surface area contributed by atoms with Gasteiger partial charge in [-0.2, -0.15) is 5.10 Å². The monoisotopic (exact) mass is 276 g/mol. The zero-order chi connectivity index (χ0) is 13.2. The quantitative estimate of drug-likeness (QED) is 0.861. The molecule has 5 nitrogen and oxygen atoms in total. The Morgan fingerprint density at radius 3 is 3.16 bits per heavy atom. The Morgan fingerprint density at radius 1 is 1.58 bits per heavy atom. The molecule has 1 aliphatic heterocycles. The zero-order valence-corrected chi connectivity index (χ0v) is 11.6. The molecule has 0 saturated carbocycles. The van der Waals surface area contributed by atoms with E-state index in [9.17, 15) is 4.79 Å². The Morgan fingerprint density at radius 2 is 2.47 bits per heavy atom.